The Labute approximate surface area is 117 Å². The third-order valence-electron chi connectivity index (χ3n) is 3.63. The maximum atomic E-state index is 12.2. The zero-order valence-electron chi connectivity index (χ0n) is 11.2. The molecule has 19 heavy (non-hydrogen) atoms. The molecule has 0 aromatic carbocycles. The number of aliphatic carboxylic acids is 1. The van der Waals surface area contributed by atoms with Crippen molar-refractivity contribution in [3.05, 3.63) is 0 Å². The predicted molar refractivity (Wildman–Crippen MR) is 74.5 cm³/mol. The SMILES string of the molecule is CN1CCCC(NC(=O)N2CCSCC2C(=O)O)C1. The van der Waals surface area contributed by atoms with Gasteiger partial charge in [0.1, 0.15) is 6.04 Å². The summed E-state index contributed by atoms with van der Waals surface area (Å²) < 4.78 is 0. The van der Waals surface area contributed by atoms with Crippen LogP contribution in [0, 0.1) is 0 Å². The Morgan fingerprint density at radius 2 is 2.16 bits per heavy atom. The number of nitrogens with zero attached hydrogens (tertiary/aromatic N) is 2. The van der Waals surface area contributed by atoms with Gasteiger partial charge in [0, 0.05) is 30.6 Å². The second kappa shape index (κ2) is 6.47. The van der Waals surface area contributed by atoms with E-state index in [2.05, 4.69) is 10.2 Å². The van der Waals surface area contributed by atoms with E-state index in [9.17, 15) is 9.59 Å². The number of likely N-dealkylation sites (tertiary alicyclic amines) is 1. The van der Waals surface area contributed by atoms with Gasteiger partial charge in [0.2, 0.25) is 0 Å². The van der Waals surface area contributed by atoms with Crippen LogP contribution in [0.15, 0.2) is 0 Å². The van der Waals surface area contributed by atoms with Crippen LogP contribution in [0.25, 0.3) is 0 Å². The van der Waals surface area contributed by atoms with Crippen molar-refractivity contribution in [1.82, 2.24) is 15.1 Å². The van der Waals surface area contributed by atoms with Gasteiger partial charge in [0.25, 0.3) is 0 Å². The van der Waals surface area contributed by atoms with E-state index in [1.54, 1.807) is 11.8 Å². The molecule has 2 heterocycles. The molecule has 2 amide bonds. The number of carbonyl (C=O) groups is 2. The van der Waals surface area contributed by atoms with Gasteiger partial charge >= 0.3 is 12.0 Å². The summed E-state index contributed by atoms with van der Waals surface area (Å²) >= 11 is 1.59. The van der Waals surface area contributed by atoms with Gasteiger partial charge in [-0.05, 0) is 26.4 Å². The summed E-state index contributed by atoms with van der Waals surface area (Å²) in [6.45, 7) is 2.41. The van der Waals surface area contributed by atoms with Gasteiger partial charge in [0.15, 0.2) is 0 Å². The Hall–Kier alpha value is -0.950. The van der Waals surface area contributed by atoms with E-state index in [4.69, 9.17) is 5.11 Å². The molecule has 0 aliphatic carbocycles. The molecule has 0 saturated carbocycles. The lowest BCUT2D eigenvalue weighted by molar-refractivity contribution is -0.141. The van der Waals surface area contributed by atoms with Gasteiger partial charge in [-0.2, -0.15) is 11.8 Å². The first-order valence-corrected chi connectivity index (χ1v) is 7.79. The first kappa shape index (κ1) is 14.5. The van der Waals surface area contributed by atoms with Crippen LogP contribution in [0.3, 0.4) is 0 Å². The fraction of sp³-hybridized carbons (Fsp3) is 0.833. The van der Waals surface area contributed by atoms with Gasteiger partial charge in [-0.3, -0.25) is 0 Å². The zero-order chi connectivity index (χ0) is 13.8. The first-order chi connectivity index (χ1) is 9.08. The molecule has 2 unspecified atom stereocenters. The summed E-state index contributed by atoms with van der Waals surface area (Å²) in [6.07, 6.45) is 2.04. The van der Waals surface area contributed by atoms with Crippen molar-refractivity contribution in [2.75, 3.05) is 38.2 Å². The number of urea groups is 1. The molecule has 6 nitrogen and oxygen atoms in total. The smallest absolute Gasteiger partial charge is 0.327 e. The molecule has 2 fully saturated rings. The molecule has 2 aliphatic heterocycles. The van der Waals surface area contributed by atoms with Crippen molar-refractivity contribution in [2.45, 2.75) is 24.9 Å². The molecule has 2 rings (SSSR count). The lowest BCUT2D eigenvalue weighted by atomic mass is 10.1. The van der Waals surface area contributed by atoms with E-state index in [0.29, 0.717) is 12.3 Å². The van der Waals surface area contributed by atoms with Gasteiger partial charge in [-0.25, -0.2) is 9.59 Å². The molecule has 0 radical (unpaired) electrons. The second-order valence-corrected chi connectivity index (χ2v) is 6.32. The highest BCUT2D eigenvalue weighted by atomic mass is 32.2. The number of carbonyl (C=O) groups excluding carboxylic acids is 1. The quantitative estimate of drug-likeness (QED) is 0.764. The molecule has 0 aromatic rings. The number of carboxylic acid groups (broad SMARTS) is 1. The van der Waals surface area contributed by atoms with Crippen LogP contribution in [-0.2, 0) is 4.79 Å². The Bertz CT molecular complexity index is 353. The number of rotatable bonds is 2. The number of likely N-dealkylation sites (N-methyl/N-ethyl adjacent to an activating group) is 1. The standard InChI is InChI=1S/C12H21N3O3S/c1-14-4-2-3-9(7-14)13-12(18)15-5-6-19-8-10(15)11(16)17/h9-10H,2-8H2,1H3,(H,13,18)(H,16,17). The molecule has 0 spiro atoms. The lowest BCUT2D eigenvalue weighted by Gasteiger charge is -2.36. The minimum atomic E-state index is -0.914. The lowest BCUT2D eigenvalue weighted by Crippen LogP contribution is -2.57. The molecule has 2 atom stereocenters. The van der Waals surface area contributed by atoms with E-state index in [0.717, 1.165) is 31.7 Å². The molecule has 0 bridgehead atoms. The third-order valence-corrected chi connectivity index (χ3v) is 4.65. The van der Waals surface area contributed by atoms with Crippen molar-refractivity contribution in [3.63, 3.8) is 0 Å². The summed E-state index contributed by atoms with van der Waals surface area (Å²) in [5, 5.41) is 12.1. The number of carboxylic acids is 1. The number of nitrogens with one attached hydrogen (secondary N) is 1. The van der Waals surface area contributed by atoms with Crippen LogP contribution in [0.2, 0.25) is 0 Å². The first-order valence-electron chi connectivity index (χ1n) is 6.64. The molecule has 0 aromatic heterocycles. The highest BCUT2D eigenvalue weighted by molar-refractivity contribution is 7.99. The molecule has 2 saturated heterocycles. The average Bonchev–Trinajstić information content (AvgIpc) is 2.38. The molecule has 7 heteroatoms. The van der Waals surface area contributed by atoms with Gasteiger partial charge in [-0.1, -0.05) is 0 Å². The van der Waals surface area contributed by atoms with E-state index < -0.39 is 12.0 Å². The minimum absolute atomic E-state index is 0.135. The van der Waals surface area contributed by atoms with Crippen LogP contribution < -0.4 is 5.32 Å². The third kappa shape index (κ3) is 3.76. The zero-order valence-corrected chi connectivity index (χ0v) is 12.0. The number of piperidine rings is 1. The predicted octanol–water partition coefficient (Wildman–Crippen LogP) is 0.292. The number of hydrogen-bond donors (Lipinski definition) is 2. The molecule has 108 valence electrons. The van der Waals surface area contributed by atoms with Crippen molar-refractivity contribution in [1.29, 1.82) is 0 Å². The largest absolute Gasteiger partial charge is 0.480 e. The van der Waals surface area contributed by atoms with Gasteiger partial charge in [-0.15, -0.1) is 0 Å². The molecule has 2 aliphatic rings. The Balaban J connectivity index is 1.92. The highest BCUT2D eigenvalue weighted by Crippen LogP contribution is 2.17. The summed E-state index contributed by atoms with van der Waals surface area (Å²) in [7, 11) is 2.04. The van der Waals surface area contributed by atoms with Crippen LogP contribution in [-0.4, -0.2) is 77.2 Å². The maximum Gasteiger partial charge on any atom is 0.327 e. The maximum absolute atomic E-state index is 12.2. The summed E-state index contributed by atoms with van der Waals surface area (Å²) in [5.74, 6) is 0.373. The Kier molecular flexibility index (Phi) is 4.93. The summed E-state index contributed by atoms with van der Waals surface area (Å²) in [6, 6.07) is -0.789. The Morgan fingerprint density at radius 1 is 1.37 bits per heavy atom. The molecular weight excluding hydrogens is 266 g/mol. The second-order valence-electron chi connectivity index (χ2n) is 5.17. The van der Waals surface area contributed by atoms with Crippen LogP contribution in [0.5, 0.6) is 0 Å². The van der Waals surface area contributed by atoms with Crippen molar-refractivity contribution < 1.29 is 14.7 Å². The monoisotopic (exact) mass is 287 g/mol. The summed E-state index contributed by atoms with van der Waals surface area (Å²) in [4.78, 5) is 27.0. The fourth-order valence-corrected chi connectivity index (χ4v) is 3.63. The van der Waals surface area contributed by atoms with Crippen molar-refractivity contribution in [3.8, 4) is 0 Å². The topological polar surface area (TPSA) is 72.9 Å². The average molecular weight is 287 g/mol. The normalized spacial score (nSPS) is 29.0. The summed E-state index contributed by atoms with van der Waals surface area (Å²) in [5.41, 5.74) is 0. The van der Waals surface area contributed by atoms with E-state index in [-0.39, 0.29) is 12.1 Å². The van der Waals surface area contributed by atoms with Crippen molar-refractivity contribution >= 4 is 23.8 Å². The van der Waals surface area contributed by atoms with E-state index in [1.165, 1.54) is 4.90 Å². The fourth-order valence-electron chi connectivity index (χ4n) is 2.59. The van der Waals surface area contributed by atoms with Gasteiger partial charge < -0.3 is 20.2 Å². The minimum Gasteiger partial charge on any atom is -0.480 e. The van der Waals surface area contributed by atoms with E-state index in [1.807, 2.05) is 7.05 Å². The van der Waals surface area contributed by atoms with Crippen LogP contribution >= 0.6 is 11.8 Å². The van der Waals surface area contributed by atoms with Crippen LogP contribution in [0.4, 0.5) is 4.79 Å². The van der Waals surface area contributed by atoms with Crippen molar-refractivity contribution in [2.24, 2.45) is 0 Å². The Morgan fingerprint density at radius 3 is 2.84 bits per heavy atom. The number of amides is 2. The number of hydrogen-bond acceptors (Lipinski definition) is 4. The van der Waals surface area contributed by atoms with Crippen LogP contribution in [0.1, 0.15) is 12.8 Å². The molecular formula is C12H21N3O3S. The highest BCUT2D eigenvalue weighted by Gasteiger charge is 2.33. The number of thioether (sulfide) groups is 1. The molecule has 2 N–H and O–H groups in total. The van der Waals surface area contributed by atoms with Gasteiger partial charge in [0.05, 0.1) is 0 Å². The van der Waals surface area contributed by atoms with E-state index >= 15 is 0 Å².